The molecule has 2 N–H and O–H groups in total. The van der Waals surface area contributed by atoms with Crippen LogP contribution in [0.15, 0.2) is 24.3 Å². The Kier molecular flexibility index (Phi) is 5.94. The van der Waals surface area contributed by atoms with Gasteiger partial charge in [0.25, 0.3) is 5.91 Å². The Bertz CT molecular complexity index is 654. The molecule has 0 aromatic heterocycles. The van der Waals surface area contributed by atoms with E-state index >= 15 is 0 Å². The number of carbonyl (C=O) groups excluding carboxylic acids is 1. The van der Waals surface area contributed by atoms with Crippen molar-refractivity contribution in [3.8, 4) is 0 Å². The normalized spacial score (nSPS) is 24.7. The SMILES string of the molecule is CC(C)c1ccc(CN2CCC[C@](O)(CN(C)CC3(CO)CC3)C2=O)cc1. The molecule has 1 aliphatic heterocycles. The van der Waals surface area contributed by atoms with Crippen LogP contribution in [0.4, 0.5) is 0 Å². The highest BCUT2D eigenvalue weighted by molar-refractivity contribution is 5.86. The van der Waals surface area contributed by atoms with E-state index in [1.165, 1.54) is 5.56 Å². The standard InChI is InChI=1S/C22H34N2O3/c1-17(2)19-7-5-18(6-8-19)13-24-12-4-9-22(27,20(24)26)15-23(3)14-21(16-25)10-11-21/h5-8,17,25,27H,4,9-16H2,1-3H3/t22-/m0/s1. The Morgan fingerprint density at radius 1 is 1.15 bits per heavy atom. The molecule has 1 amide bonds. The molecule has 150 valence electrons. The average molecular weight is 375 g/mol. The largest absolute Gasteiger partial charge is 0.396 e. The van der Waals surface area contributed by atoms with Crippen LogP contribution in [0.1, 0.15) is 56.6 Å². The van der Waals surface area contributed by atoms with Crippen molar-refractivity contribution in [3.63, 3.8) is 0 Å². The molecule has 0 unspecified atom stereocenters. The summed E-state index contributed by atoms with van der Waals surface area (Å²) in [5.74, 6) is 0.326. The molecule has 1 aromatic carbocycles. The van der Waals surface area contributed by atoms with Crippen molar-refractivity contribution in [2.75, 3.05) is 33.3 Å². The predicted molar refractivity (Wildman–Crippen MR) is 106 cm³/mol. The molecule has 0 spiro atoms. The number of aliphatic hydroxyl groups is 2. The topological polar surface area (TPSA) is 64.0 Å². The summed E-state index contributed by atoms with van der Waals surface area (Å²) in [6, 6.07) is 8.41. The van der Waals surface area contributed by atoms with Gasteiger partial charge in [-0.05, 0) is 49.8 Å². The van der Waals surface area contributed by atoms with Crippen molar-refractivity contribution in [1.82, 2.24) is 9.80 Å². The second kappa shape index (κ2) is 7.90. The average Bonchev–Trinajstić information content (AvgIpc) is 3.39. The summed E-state index contributed by atoms with van der Waals surface area (Å²) in [5.41, 5.74) is 1.05. The summed E-state index contributed by atoms with van der Waals surface area (Å²) in [5, 5.41) is 20.6. The van der Waals surface area contributed by atoms with Gasteiger partial charge in [0.05, 0.1) is 0 Å². The summed E-state index contributed by atoms with van der Waals surface area (Å²) >= 11 is 0. The number of piperidine rings is 1. The third kappa shape index (κ3) is 4.71. The number of benzene rings is 1. The summed E-state index contributed by atoms with van der Waals surface area (Å²) < 4.78 is 0. The number of rotatable bonds is 8. The van der Waals surface area contributed by atoms with Gasteiger partial charge in [-0.2, -0.15) is 0 Å². The van der Waals surface area contributed by atoms with Gasteiger partial charge in [0.2, 0.25) is 0 Å². The highest BCUT2D eigenvalue weighted by Gasteiger charge is 2.46. The Balaban J connectivity index is 1.62. The zero-order chi connectivity index (χ0) is 19.7. The number of likely N-dealkylation sites (N-methyl/N-ethyl adjacent to an activating group) is 1. The lowest BCUT2D eigenvalue weighted by atomic mass is 9.90. The van der Waals surface area contributed by atoms with E-state index in [1.54, 1.807) is 4.90 Å². The fourth-order valence-corrected chi connectivity index (χ4v) is 4.21. The Hall–Kier alpha value is -1.43. The molecule has 1 saturated heterocycles. The molecular formula is C22H34N2O3. The number of likely N-dealkylation sites (tertiary alicyclic amines) is 1. The molecule has 5 heteroatoms. The van der Waals surface area contributed by atoms with Crippen molar-refractivity contribution >= 4 is 5.91 Å². The van der Waals surface area contributed by atoms with Crippen LogP contribution in [0.5, 0.6) is 0 Å². The van der Waals surface area contributed by atoms with Gasteiger partial charge in [0.1, 0.15) is 0 Å². The summed E-state index contributed by atoms with van der Waals surface area (Å²) in [4.78, 5) is 16.8. The molecule has 1 aliphatic carbocycles. The van der Waals surface area contributed by atoms with Gasteiger partial charge in [-0.3, -0.25) is 4.79 Å². The first-order valence-corrected chi connectivity index (χ1v) is 10.2. The molecule has 1 atom stereocenters. The van der Waals surface area contributed by atoms with Gasteiger partial charge in [0.15, 0.2) is 5.60 Å². The highest BCUT2D eigenvalue weighted by atomic mass is 16.3. The second-order valence-electron chi connectivity index (χ2n) is 9.09. The number of hydrogen-bond donors (Lipinski definition) is 2. The van der Waals surface area contributed by atoms with Gasteiger partial charge in [-0.25, -0.2) is 0 Å². The molecule has 1 heterocycles. The predicted octanol–water partition coefficient (Wildman–Crippen LogP) is 2.37. The van der Waals surface area contributed by atoms with Crippen molar-refractivity contribution in [3.05, 3.63) is 35.4 Å². The first kappa shape index (κ1) is 20.3. The van der Waals surface area contributed by atoms with Gasteiger partial charge >= 0.3 is 0 Å². The van der Waals surface area contributed by atoms with E-state index in [0.29, 0.717) is 32.0 Å². The number of aliphatic hydroxyl groups excluding tert-OH is 1. The van der Waals surface area contributed by atoms with Crippen molar-refractivity contribution in [1.29, 1.82) is 0 Å². The lowest BCUT2D eigenvalue weighted by molar-refractivity contribution is -0.160. The van der Waals surface area contributed by atoms with Crippen LogP contribution in [0.3, 0.4) is 0 Å². The van der Waals surface area contributed by atoms with Crippen LogP contribution in [0, 0.1) is 5.41 Å². The fraction of sp³-hybridized carbons (Fsp3) is 0.682. The summed E-state index contributed by atoms with van der Waals surface area (Å²) in [6.45, 7) is 6.82. The number of amides is 1. The smallest absolute Gasteiger partial charge is 0.256 e. The van der Waals surface area contributed by atoms with E-state index in [2.05, 4.69) is 38.1 Å². The zero-order valence-corrected chi connectivity index (χ0v) is 16.9. The number of nitrogens with zero attached hydrogens (tertiary/aromatic N) is 2. The Labute approximate surface area is 163 Å². The molecule has 2 fully saturated rings. The van der Waals surface area contributed by atoms with E-state index in [9.17, 15) is 15.0 Å². The molecule has 2 aliphatic rings. The van der Waals surface area contributed by atoms with E-state index in [1.807, 2.05) is 11.9 Å². The molecule has 1 aromatic rings. The number of carbonyl (C=O) groups is 1. The second-order valence-corrected chi connectivity index (χ2v) is 9.09. The first-order chi connectivity index (χ1) is 12.8. The van der Waals surface area contributed by atoms with Crippen LogP contribution in [0.25, 0.3) is 0 Å². The van der Waals surface area contributed by atoms with Gasteiger partial charge in [-0.15, -0.1) is 0 Å². The lowest BCUT2D eigenvalue weighted by Gasteiger charge is -2.40. The van der Waals surface area contributed by atoms with E-state index < -0.39 is 5.60 Å². The first-order valence-electron chi connectivity index (χ1n) is 10.2. The molecule has 0 radical (unpaired) electrons. The maximum Gasteiger partial charge on any atom is 0.256 e. The van der Waals surface area contributed by atoms with Crippen LogP contribution in [-0.2, 0) is 11.3 Å². The maximum absolute atomic E-state index is 13.0. The summed E-state index contributed by atoms with van der Waals surface area (Å²) in [6.07, 6.45) is 3.37. The molecule has 5 nitrogen and oxygen atoms in total. The third-order valence-electron chi connectivity index (χ3n) is 6.15. The lowest BCUT2D eigenvalue weighted by Crippen LogP contribution is -2.58. The Morgan fingerprint density at radius 2 is 1.81 bits per heavy atom. The van der Waals surface area contributed by atoms with Crippen molar-refractivity contribution < 1.29 is 15.0 Å². The van der Waals surface area contributed by atoms with Crippen LogP contribution in [0.2, 0.25) is 0 Å². The van der Waals surface area contributed by atoms with Gasteiger partial charge in [-0.1, -0.05) is 38.1 Å². The zero-order valence-electron chi connectivity index (χ0n) is 16.9. The van der Waals surface area contributed by atoms with Crippen LogP contribution >= 0.6 is 0 Å². The van der Waals surface area contributed by atoms with E-state index in [-0.39, 0.29) is 17.9 Å². The maximum atomic E-state index is 13.0. The van der Waals surface area contributed by atoms with Crippen LogP contribution in [-0.4, -0.2) is 64.8 Å². The third-order valence-corrected chi connectivity index (χ3v) is 6.15. The highest BCUT2D eigenvalue weighted by Crippen LogP contribution is 2.45. The molecule has 3 rings (SSSR count). The Morgan fingerprint density at radius 3 is 2.37 bits per heavy atom. The molecule has 0 bridgehead atoms. The quantitative estimate of drug-likeness (QED) is 0.733. The van der Waals surface area contributed by atoms with Gasteiger partial charge in [0, 0.05) is 38.2 Å². The van der Waals surface area contributed by atoms with E-state index in [4.69, 9.17) is 0 Å². The number of hydrogen-bond acceptors (Lipinski definition) is 4. The monoisotopic (exact) mass is 374 g/mol. The van der Waals surface area contributed by atoms with Crippen molar-refractivity contribution in [2.24, 2.45) is 5.41 Å². The van der Waals surface area contributed by atoms with Gasteiger partial charge < -0.3 is 20.0 Å². The molecular weight excluding hydrogens is 340 g/mol. The van der Waals surface area contributed by atoms with Crippen molar-refractivity contribution in [2.45, 2.75) is 57.6 Å². The minimum absolute atomic E-state index is 0.0132. The molecule has 1 saturated carbocycles. The molecule has 27 heavy (non-hydrogen) atoms. The fourth-order valence-electron chi connectivity index (χ4n) is 4.21. The van der Waals surface area contributed by atoms with E-state index in [0.717, 1.165) is 31.4 Å². The van der Waals surface area contributed by atoms with Crippen LogP contribution < -0.4 is 0 Å². The summed E-state index contributed by atoms with van der Waals surface area (Å²) in [7, 11) is 1.94. The minimum Gasteiger partial charge on any atom is -0.396 e. The minimum atomic E-state index is -1.32.